The van der Waals surface area contributed by atoms with Gasteiger partial charge in [0.05, 0.1) is 18.4 Å². The van der Waals surface area contributed by atoms with Crippen LogP contribution in [-0.2, 0) is 4.74 Å². The molecule has 0 saturated heterocycles. The van der Waals surface area contributed by atoms with Crippen LogP contribution < -0.4 is 21.5 Å². The Morgan fingerprint density at radius 1 is 1.03 bits per heavy atom. The van der Waals surface area contributed by atoms with E-state index in [2.05, 4.69) is 20.8 Å². The minimum atomic E-state index is -0.478. The number of hydrazine groups is 1. The van der Waals surface area contributed by atoms with Crippen LogP contribution in [-0.4, -0.2) is 36.0 Å². The van der Waals surface area contributed by atoms with Crippen molar-refractivity contribution in [2.24, 2.45) is 0 Å². The Bertz CT molecular complexity index is 1090. The van der Waals surface area contributed by atoms with Gasteiger partial charge in [-0.15, -0.1) is 0 Å². The Balaban J connectivity index is 1.84. The number of aryl methyl sites for hydroxylation is 1. The topological polar surface area (TPSA) is 122 Å². The second-order valence-corrected chi connectivity index (χ2v) is 6.42. The van der Waals surface area contributed by atoms with Crippen LogP contribution in [0, 0.1) is 6.92 Å². The molecule has 0 radical (unpaired) electrons. The van der Waals surface area contributed by atoms with Gasteiger partial charge >= 0.3 is 5.97 Å². The highest BCUT2D eigenvalue weighted by molar-refractivity contribution is 5.98. The van der Waals surface area contributed by atoms with E-state index in [4.69, 9.17) is 10.5 Å². The number of para-hydroxylation sites is 1. The highest BCUT2D eigenvalue weighted by atomic mass is 16.5. The van der Waals surface area contributed by atoms with E-state index in [0.29, 0.717) is 22.6 Å². The normalized spacial score (nSPS) is 10.2. The number of nitrogens with one attached hydrogen (secondary N) is 2. The summed E-state index contributed by atoms with van der Waals surface area (Å²) in [5, 5.41) is 0. The smallest absolute Gasteiger partial charge is 0.339 e. The zero-order valence-electron chi connectivity index (χ0n) is 16.8. The number of ether oxygens (including phenoxy) is 1. The summed E-state index contributed by atoms with van der Waals surface area (Å²) >= 11 is 0. The number of rotatable bonds is 6. The third kappa shape index (κ3) is 4.14. The van der Waals surface area contributed by atoms with Crippen molar-refractivity contribution in [1.82, 2.24) is 15.4 Å². The number of carbonyl (C=O) groups excluding carboxylic acids is 2. The average Bonchev–Trinajstić information content (AvgIpc) is 2.77. The Morgan fingerprint density at radius 3 is 2.40 bits per heavy atom. The van der Waals surface area contributed by atoms with E-state index in [1.807, 2.05) is 19.1 Å². The SMILES string of the molecule is COC(=O)c1ccccc1N(C)c1ncnc(NNC(=O)c2ccccc2C)c1N. The zero-order chi connectivity index (χ0) is 21.7. The molecule has 9 heteroatoms. The first-order valence-corrected chi connectivity index (χ1v) is 9.07. The van der Waals surface area contributed by atoms with E-state index in [1.54, 1.807) is 48.3 Å². The number of anilines is 4. The summed E-state index contributed by atoms with van der Waals surface area (Å²) < 4.78 is 4.84. The van der Waals surface area contributed by atoms with Crippen molar-refractivity contribution in [1.29, 1.82) is 0 Å². The van der Waals surface area contributed by atoms with E-state index >= 15 is 0 Å². The van der Waals surface area contributed by atoms with Crippen LogP contribution in [0.4, 0.5) is 23.0 Å². The maximum absolute atomic E-state index is 12.4. The van der Waals surface area contributed by atoms with Crippen LogP contribution in [0.15, 0.2) is 54.9 Å². The summed E-state index contributed by atoms with van der Waals surface area (Å²) in [6, 6.07) is 14.1. The van der Waals surface area contributed by atoms with Crippen molar-refractivity contribution < 1.29 is 14.3 Å². The summed E-state index contributed by atoms with van der Waals surface area (Å²) in [5.41, 5.74) is 14.1. The Labute approximate surface area is 173 Å². The van der Waals surface area contributed by atoms with Crippen LogP contribution in [0.25, 0.3) is 0 Å². The highest BCUT2D eigenvalue weighted by Gasteiger charge is 2.19. The standard InChI is InChI=1S/C21H22N6O3/c1-13-8-4-5-9-14(13)20(28)26-25-18-17(22)19(24-12-23-18)27(2)16-11-7-6-10-15(16)21(29)30-3/h4-12H,22H2,1-3H3,(H,26,28)(H,23,24,25). The van der Waals surface area contributed by atoms with Crippen molar-refractivity contribution in [3.63, 3.8) is 0 Å². The highest BCUT2D eigenvalue weighted by Crippen LogP contribution is 2.32. The molecule has 30 heavy (non-hydrogen) atoms. The zero-order valence-corrected chi connectivity index (χ0v) is 16.8. The lowest BCUT2D eigenvalue weighted by Gasteiger charge is -2.23. The fourth-order valence-corrected chi connectivity index (χ4v) is 2.93. The van der Waals surface area contributed by atoms with Crippen molar-refractivity contribution in [2.45, 2.75) is 6.92 Å². The molecule has 0 aliphatic carbocycles. The number of aromatic nitrogens is 2. The second-order valence-electron chi connectivity index (χ2n) is 6.42. The monoisotopic (exact) mass is 406 g/mol. The minimum absolute atomic E-state index is 0.199. The molecule has 0 atom stereocenters. The molecule has 1 aromatic heterocycles. The summed E-state index contributed by atoms with van der Waals surface area (Å²) in [6.45, 7) is 1.85. The number of benzene rings is 2. The molecule has 0 unspecified atom stereocenters. The molecule has 9 nitrogen and oxygen atoms in total. The molecular formula is C21H22N6O3. The Kier molecular flexibility index (Phi) is 6.11. The van der Waals surface area contributed by atoms with Crippen molar-refractivity contribution in [2.75, 3.05) is 30.2 Å². The van der Waals surface area contributed by atoms with E-state index < -0.39 is 5.97 Å². The van der Waals surface area contributed by atoms with Crippen LogP contribution in [0.3, 0.4) is 0 Å². The van der Waals surface area contributed by atoms with Gasteiger partial charge in [0.25, 0.3) is 5.91 Å². The number of carbonyl (C=O) groups is 2. The Morgan fingerprint density at radius 2 is 1.70 bits per heavy atom. The number of methoxy groups -OCH3 is 1. The molecule has 0 aliphatic rings. The number of nitrogens with zero attached hydrogens (tertiary/aromatic N) is 3. The molecule has 154 valence electrons. The average molecular weight is 406 g/mol. The fraction of sp³-hybridized carbons (Fsp3) is 0.143. The lowest BCUT2D eigenvalue weighted by atomic mass is 10.1. The van der Waals surface area contributed by atoms with Crippen molar-refractivity contribution in [3.05, 3.63) is 71.5 Å². The lowest BCUT2D eigenvalue weighted by molar-refractivity contribution is 0.0601. The molecular weight excluding hydrogens is 384 g/mol. The van der Waals surface area contributed by atoms with Crippen LogP contribution in [0.2, 0.25) is 0 Å². The first-order valence-electron chi connectivity index (χ1n) is 9.07. The molecule has 1 heterocycles. The third-order valence-corrected chi connectivity index (χ3v) is 4.54. The van der Waals surface area contributed by atoms with Gasteiger partial charge in [0.15, 0.2) is 11.6 Å². The van der Waals surface area contributed by atoms with Crippen LogP contribution >= 0.6 is 0 Å². The minimum Gasteiger partial charge on any atom is -0.465 e. The van der Waals surface area contributed by atoms with Crippen LogP contribution in [0.1, 0.15) is 26.3 Å². The molecule has 3 aromatic rings. The molecule has 3 rings (SSSR count). The molecule has 4 N–H and O–H groups in total. The van der Waals surface area contributed by atoms with Gasteiger partial charge in [0.1, 0.15) is 12.0 Å². The molecule has 0 aliphatic heterocycles. The number of hydrogen-bond acceptors (Lipinski definition) is 8. The van der Waals surface area contributed by atoms with E-state index in [-0.39, 0.29) is 17.4 Å². The number of esters is 1. The summed E-state index contributed by atoms with van der Waals surface area (Å²) in [6.07, 6.45) is 1.31. The number of nitrogens with two attached hydrogens (primary N) is 1. The number of amides is 1. The molecule has 0 fully saturated rings. The third-order valence-electron chi connectivity index (χ3n) is 4.54. The summed E-state index contributed by atoms with van der Waals surface area (Å²) in [4.78, 5) is 34.5. The van der Waals surface area contributed by atoms with E-state index in [9.17, 15) is 9.59 Å². The van der Waals surface area contributed by atoms with Gasteiger partial charge in [-0.05, 0) is 30.7 Å². The largest absolute Gasteiger partial charge is 0.465 e. The van der Waals surface area contributed by atoms with Gasteiger partial charge in [0.2, 0.25) is 0 Å². The van der Waals surface area contributed by atoms with Gasteiger partial charge < -0.3 is 15.4 Å². The van der Waals surface area contributed by atoms with Crippen LogP contribution in [0.5, 0.6) is 0 Å². The molecule has 1 amide bonds. The lowest BCUT2D eigenvalue weighted by Crippen LogP contribution is -2.31. The van der Waals surface area contributed by atoms with Gasteiger partial charge in [-0.3, -0.25) is 15.6 Å². The maximum Gasteiger partial charge on any atom is 0.339 e. The predicted molar refractivity (Wildman–Crippen MR) is 115 cm³/mol. The molecule has 0 saturated carbocycles. The van der Waals surface area contributed by atoms with Gasteiger partial charge in [-0.25, -0.2) is 14.8 Å². The quantitative estimate of drug-likeness (QED) is 0.422. The molecule has 0 bridgehead atoms. The van der Waals surface area contributed by atoms with E-state index in [1.165, 1.54) is 13.4 Å². The number of nitrogen functional groups attached to an aromatic ring is 1. The fourth-order valence-electron chi connectivity index (χ4n) is 2.93. The van der Waals surface area contributed by atoms with E-state index in [0.717, 1.165) is 5.56 Å². The second kappa shape index (κ2) is 8.91. The molecule has 2 aromatic carbocycles. The molecule has 0 spiro atoms. The van der Waals surface area contributed by atoms with Crippen molar-refractivity contribution >= 4 is 34.9 Å². The van der Waals surface area contributed by atoms with Gasteiger partial charge in [-0.2, -0.15) is 0 Å². The number of hydrogen-bond donors (Lipinski definition) is 3. The summed E-state index contributed by atoms with van der Waals surface area (Å²) in [7, 11) is 3.04. The Hall–Kier alpha value is -4.14. The summed E-state index contributed by atoms with van der Waals surface area (Å²) in [5.74, 6) is -0.218. The first kappa shape index (κ1) is 20.6. The van der Waals surface area contributed by atoms with Gasteiger partial charge in [0, 0.05) is 12.6 Å². The van der Waals surface area contributed by atoms with Gasteiger partial charge in [-0.1, -0.05) is 30.3 Å². The predicted octanol–water partition coefficient (Wildman–Crippen LogP) is 2.68. The maximum atomic E-state index is 12.4. The van der Waals surface area contributed by atoms with Crippen molar-refractivity contribution in [3.8, 4) is 0 Å². The first-order chi connectivity index (χ1) is 14.4.